The van der Waals surface area contributed by atoms with Gasteiger partial charge in [0.25, 0.3) is 11.5 Å². The Morgan fingerprint density at radius 2 is 1.66 bits per heavy atom. The van der Waals surface area contributed by atoms with Crippen molar-refractivity contribution in [2.45, 2.75) is 30.4 Å². The molecule has 2 heterocycles. The van der Waals surface area contributed by atoms with E-state index in [1.54, 1.807) is 47.9 Å². The summed E-state index contributed by atoms with van der Waals surface area (Å²) in [5.74, 6) is -0.539. The number of aromatic amines is 1. The van der Waals surface area contributed by atoms with Crippen molar-refractivity contribution in [3.05, 3.63) is 112 Å². The Balaban J connectivity index is 1.48. The van der Waals surface area contributed by atoms with Crippen molar-refractivity contribution in [3.63, 3.8) is 0 Å². The molecule has 0 bridgehead atoms. The first-order valence-electron chi connectivity index (χ1n) is 12.0. The zero-order chi connectivity index (χ0) is 26.7. The molecule has 0 fully saturated rings. The number of carbonyl (C=O) groups excluding carboxylic acids is 1. The van der Waals surface area contributed by atoms with Crippen molar-refractivity contribution in [1.29, 1.82) is 0 Å². The Hall–Kier alpha value is -4.19. The second-order valence-corrected chi connectivity index (χ2v) is 10.7. The summed E-state index contributed by atoms with van der Waals surface area (Å²) in [6.45, 7) is 0.293. The van der Waals surface area contributed by atoms with Gasteiger partial charge in [-0.2, -0.15) is 4.31 Å². The van der Waals surface area contributed by atoms with Crippen molar-refractivity contribution < 1.29 is 23.2 Å². The monoisotopic (exact) mass is 534 g/mol. The van der Waals surface area contributed by atoms with Crippen molar-refractivity contribution in [2.24, 2.45) is 0 Å². The summed E-state index contributed by atoms with van der Waals surface area (Å²) in [5.41, 5.74) is 2.90. The molecule has 1 aliphatic heterocycles. The third-order valence-corrected chi connectivity index (χ3v) is 8.30. The number of ether oxygens (including phenoxy) is 1. The minimum absolute atomic E-state index is 0.0238. The van der Waals surface area contributed by atoms with E-state index in [0.717, 1.165) is 9.87 Å². The van der Waals surface area contributed by atoms with Crippen LogP contribution < -0.4 is 15.8 Å². The van der Waals surface area contributed by atoms with E-state index < -0.39 is 27.5 Å². The van der Waals surface area contributed by atoms with Crippen LogP contribution in [0, 0.1) is 0 Å². The van der Waals surface area contributed by atoms with Crippen molar-refractivity contribution in [3.8, 4) is 11.4 Å². The molecule has 1 atom stereocenters. The van der Waals surface area contributed by atoms with E-state index in [1.165, 1.54) is 16.8 Å². The molecule has 38 heavy (non-hydrogen) atoms. The molecule has 3 aromatic carbocycles. The maximum atomic E-state index is 13.8. The lowest BCUT2D eigenvalue weighted by molar-refractivity contribution is -0.133. The molecule has 0 spiro atoms. The van der Waals surface area contributed by atoms with Crippen molar-refractivity contribution in [1.82, 2.24) is 19.6 Å². The smallest absolute Gasteiger partial charge is 0.276 e. The quantitative estimate of drug-likeness (QED) is 0.247. The van der Waals surface area contributed by atoms with Gasteiger partial charge in [0.1, 0.15) is 18.4 Å². The normalized spacial score (nSPS) is 15.9. The van der Waals surface area contributed by atoms with Gasteiger partial charge in [-0.3, -0.25) is 19.9 Å². The lowest BCUT2D eigenvalue weighted by Crippen LogP contribution is -2.44. The summed E-state index contributed by atoms with van der Waals surface area (Å²) in [7, 11) is -4.24. The van der Waals surface area contributed by atoms with Crippen molar-refractivity contribution >= 4 is 15.9 Å². The summed E-state index contributed by atoms with van der Waals surface area (Å²) < 4.78 is 35.5. The van der Waals surface area contributed by atoms with E-state index in [1.807, 2.05) is 30.3 Å². The predicted octanol–water partition coefficient (Wildman–Crippen LogP) is 2.93. The highest BCUT2D eigenvalue weighted by molar-refractivity contribution is 7.89. The molecule has 1 aliphatic rings. The number of para-hydroxylation sites is 1. The van der Waals surface area contributed by atoms with E-state index in [-0.39, 0.29) is 17.0 Å². The van der Waals surface area contributed by atoms with E-state index in [9.17, 15) is 23.2 Å². The van der Waals surface area contributed by atoms with Crippen LogP contribution in [0.4, 0.5) is 0 Å². The summed E-state index contributed by atoms with van der Waals surface area (Å²) in [4.78, 5) is 26.3. The fourth-order valence-electron chi connectivity index (χ4n) is 4.58. The van der Waals surface area contributed by atoms with Crippen LogP contribution in [-0.2, 0) is 27.8 Å². The molecule has 0 radical (unpaired) electrons. The molecule has 11 heteroatoms. The second-order valence-electron chi connectivity index (χ2n) is 8.82. The van der Waals surface area contributed by atoms with Crippen LogP contribution in [0.1, 0.15) is 29.3 Å². The number of aryl methyl sites for hydroxylation is 1. The lowest BCUT2D eigenvalue weighted by atomic mass is 10.1. The number of carbonyl (C=O) groups is 1. The van der Waals surface area contributed by atoms with E-state index in [2.05, 4.69) is 5.10 Å². The fourth-order valence-corrected chi connectivity index (χ4v) is 6.18. The van der Waals surface area contributed by atoms with Crippen LogP contribution in [0.15, 0.2) is 94.6 Å². The molecule has 5 rings (SSSR count). The molecule has 1 aromatic heterocycles. The average Bonchev–Trinajstić information content (AvgIpc) is 3.14. The number of fused-ring (bicyclic) bond motifs is 1. The van der Waals surface area contributed by atoms with Crippen molar-refractivity contribution in [2.75, 3.05) is 6.54 Å². The number of hydrogen-bond acceptors (Lipinski definition) is 6. The number of amides is 1. The number of aromatic nitrogens is 2. The van der Waals surface area contributed by atoms with E-state index in [4.69, 9.17) is 4.74 Å². The van der Waals surface area contributed by atoms with Crippen LogP contribution in [0.5, 0.6) is 5.75 Å². The summed E-state index contributed by atoms with van der Waals surface area (Å²) >= 11 is 0. The topological polar surface area (TPSA) is 134 Å². The van der Waals surface area contributed by atoms with Crippen LogP contribution >= 0.6 is 0 Å². The number of nitrogens with zero attached hydrogens (tertiary/aromatic N) is 2. The van der Waals surface area contributed by atoms with Gasteiger partial charge >= 0.3 is 0 Å². The van der Waals surface area contributed by atoms with Gasteiger partial charge in [-0.15, -0.1) is 0 Å². The first kappa shape index (κ1) is 25.5. The summed E-state index contributed by atoms with van der Waals surface area (Å²) in [6.07, 6.45) is 0.701. The third-order valence-electron chi connectivity index (χ3n) is 6.42. The minimum Gasteiger partial charge on any atom is -0.489 e. The van der Waals surface area contributed by atoms with Crippen LogP contribution in [-0.4, -0.2) is 40.2 Å². The highest BCUT2D eigenvalue weighted by atomic mass is 32.2. The largest absolute Gasteiger partial charge is 0.489 e. The van der Waals surface area contributed by atoms with Gasteiger partial charge in [-0.05, 0) is 54.8 Å². The number of sulfonamides is 1. The van der Waals surface area contributed by atoms with Gasteiger partial charge < -0.3 is 4.74 Å². The number of rotatable bonds is 7. The maximum Gasteiger partial charge on any atom is 0.276 e. The maximum absolute atomic E-state index is 13.8. The highest BCUT2D eigenvalue weighted by Gasteiger charge is 2.42. The van der Waals surface area contributed by atoms with Gasteiger partial charge in [0.2, 0.25) is 10.0 Å². The molecule has 10 nitrogen and oxygen atoms in total. The molecule has 3 N–H and O–H groups in total. The SMILES string of the molecule is O=C(NO)C1c2c([nH]n(-c3ccccc3)c2=O)CCCN1S(=O)(=O)c1ccc(OCc2ccccc2)cc1. The molecule has 0 aliphatic carbocycles. The van der Waals surface area contributed by atoms with Gasteiger partial charge in [0.15, 0.2) is 0 Å². The molecule has 4 aromatic rings. The molecular formula is C27H26N4O6S. The highest BCUT2D eigenvalue weighted by Crippen LogP contribution is 2.32. The predicted molar refractivity (Wildman–Crippen MR) is 138 cm³/mol. The zero-order valence-corrected chi connectivity index (χ0v) is 21.1. The molecule has 1 unspecified atom stereocenters. The number of hydrogen-bond donors (Lipinski definition) is 3. The van der Waals surface area contributed by atoms with Gasteiger partial charge in [-0.1, -0.05) is 48.5 Å². The zero-order valence-electron chi connectivity index (χ0n) is 20.3. The summed E-state index contributed by atoms with van der Waals surface area (Å²) in [5, 5.41) is 12.5. The first-order chi connectivity index (χ1) is 18.4. The van der Waals surface area contributed by atoms with E-state index in [0.29, 0.717) is 36.6 Å². The standard InChI is InChI=1S/C27H26N4O6S/c32-26(29-34)25-24-23(28-31(27(24)33)20-10-5-2-6-11-20)12-7-17-30(25)38(35,36)22-15-13-21(14-16-22)37-18-19-8-3-1-4-9-19/h1-6,8-11,13-16,25,28,34H,7,12,17-18H2,(H,29,32). The lowest BCUT2D eigenvalue weighted by Gasteiger charge is -2.27. The average molecular weight is 535 g/mol. The molecule has 1 amide bonds. The molecule has 0 saturated carbocycles. The minimum atomic E-state index is -4.24. The van der Waals surface area contributed by atoms with Gasteiger partial charge in [0, 0.05) is 12.2 Å². The van der Waals surface area contributed by atoms with Gasteiger partial charge in [-0.25, -0.2) is 18.6 Å². The van der Waals surface area contributed by atoms with E-state index >= 15 is 0 Å². The summed E-state index contributed by atoms with van der Waals surface area (Å²) in [6, 6.07) is 22.6. The van der Waals surface area contributed by atoms with Gasteiger partial charge in [0.05, 0.1) is 16.1 Å². The Bertz CT molecular complexity index is 1580. The van der Waals surface area contributed by atoms with Crippen LogP contribution in [0.3, 0.4) is 0 Å². The first-order valence-corrected chi connectivity index (χ1v) is 13.5. The number of nitrogens with one attached hydrogen (secondary N) is 2. The second kappa shape index (κ2) is 10.7. The Kier molecular flexibility index (Phi) is 7.14. The Morgan fingerprint density at radius 3 is 2.32 bits per heavy atom. The van der Waals surface area contributed by atoms with Crippen LogP contribution in [0.25, 0.3) is 5.69 Å². The molecule has 196 valence electrons. The molecular weight excluding hydrogens is 508 g/mol. The number of benzene rings is 3. The Morgan fingerprint density at radius 1 is 1.00 bits per heavy atom. The number of hydroxylamine groups is 1. The fraction of sp³-hybridized carbons (Fsp3) is 0.185. The Labute approximate surface area is 219 Å². The van der Waals surface area contributed by atoms with Crippen LogP contribution in [0.2, 0.25) is 0 Å². The molecule has 0 saturated heterocycles. The number of H-pyrrole nitrogens is 1. The third kappa shape index (κ3) is 4.86.